The monoisotopic (exact) mass is 574 g/mol. The maximum atomic E-state index is 13.3. The third-order valence-corrected chi connectivity index (χ3v) is 11.4. The van der Waals surface area contributed by atoms with Gasteiger partial charge >= 0.3 is 6.18 Å². The van der Waals surface area contributed by atoms with Gasteiger partial charge in [0.15, 0.2) is 15.4 Å². The molecule has 0 bridgehead atoms. The van der Waals surface area contributed by atoms with E-state index in [1.54, 1.807) is 34.5 Å². The highest BCUT2D eigenvalue weighted by atomic mass is 32.2. The van der Waals surface area contributed by atoms with Gasteiger partial charge < -0.3 is 10.0 Å². The number of sulfonamides is 1. The highest BCUT2D eigenvalue weighted by Crippen LogP contribution is 2.39. The van der Waals surface area contributed by atoms with E-state index < -0.39 is 43.4 Å². The highest BCUT2D eigenvalue weighted by Gasteiger charge is 2.51. The van der Waals surface area contributed by atoms with Crippen LogP contribution in [0.2, 0.25) is 0 Å². The molecule has 0 aliphatic carbocycles. The van der Waals surface area contributed by atoms with Crippen LogP contribution in [0.4, 0.5) is 18.9 Å². The Morgan fingerprint density at radius 1 is 0.946 bits per heavy atom. The van der Waals surface area contributed by atoms with E-state index in [0.29, 0.717) is 12.6 Å². The number of benzene rings is 2. The Balaban J connectivity index is 1.67. The van der Waals surface area contributed by atoms with Crippen LogP contribution in [0.3, 0.4) is 0 Å². The Bertz CT molecular complexity index is 1420. The summed E-state index contributed by atoms with van der Waals surface area (Å²) in [5.74, 6) is -0.407. The number of sulfone groups is 1. The van der Waals surface area contributed by atoms with Crippen molar-refractivity contribution in [2.24, 2.45) is 0 Å². The zero-order valence-electron chi connectivity index (χ0n) is 19.7. The van der Waals surface area contributed by atoms with E-state index in [1.807, 2.05) is 0 Å². The highest BCUT2D eigenvalue weighted by molar-refractivity contribution is 7.91. The zero-order valence-corrected chi connectivity index (χ0v) is 22.1. The summed E-state index contributed by atoms with van der Waals surface area (Å²) in [6, 6.07) is 15.1. The standard InChI is InChI=1S/C24H25F3N2O5S3/c1-23(30,24(25,26)27)18-9-11-19(12-10-18)29-14-13-28(37(33,34)22-8-5-15-35-22)16-20(29)17-36(31,32)21-6-3-2-4-7-21/h2-12,15,20,30H,13-14,16-17H2,1H3. The van der Waals surface area contributed by atoms with Gasteiger partial charge in [-0.15, -0.1) is 11.3 Å². The molecule has 0 amide bonds. The average Bonchev–Trinajstić information content (AvgIpc) is 3.40. The zero-order chi connectivity index (χ0) is 27.1. The normalized spacial score (nSPS) is 19.5. The summed E-state index contributed by atoms with van der Waals surface area (Å²) in [6.45, 7) is 0.707. The third kappa shape index (κ3) is 5.55. The second-order valence-electron chi connectivity index (χ2n) is 8.85. The fourth-order valence-electron chi connectivity index (χ4n) is 4.18. The van der Waals surface area contributed by atoms with Gasteiger partial charge in [-0.25, -0.2) is 16.8 Å². The lowest BCUT2D eigenvalue weighted by Gasteiger charge is -2.42. The molecule has 2 aromatic carbocycles. The summed E-state index contributed by atoms with van der Waals surface area (Å²) in [5.41, 5.74) is -3.01. The molecule has 2 heterocycles. The van der Waals surface area contributed by atoms with E-state index in [9.17, 15) is 35.1 Å². The fraction of sp³-hybridized carbons (Fsp3) is 0.333. The first kappa shape index (κ1) is 27.6. The molecule has 2 atom stereocenters. The quantitative estimate of drug-likeness (QED) is 0.461. The number of hydrogen-bond acceptors (Lipinski definition) is 7. The number of nitrogens with zero attached hydrogens (tertiary/aromatic N) is 2. The molecule has 1 aromatic heterocycles. The maximum absolute atomic E-state index is 13.3. The molecule has 13 heteroatoms. The second-order valence-corrected chi connectivity index (χ2v) is 14.0. The van der Waals surface area contributed by atoms with Crippen LogP contribution in [0.25, 0.3) is 0 Å². The molecule has 0 saturated carbocycles. The van der Waals surface area contributed by atoms with Crippen molar-refractivity contribution in [1.29, 1.82) is 0 Å². The Morgan fingerprint density at radius 2 is 1.59 bits per heavy atom. The molecule has 4 rings (SSSR count). The Morgan fingerprint density at radius 3 is 2.16 bits per heavy atom. The van der Waals surface area contributed by atoms with Crippen molar-refractivity contribution in [2.45, 2.75) is 33.8 Å². The minimum absolute atomic E-state index is 0.0597. The Hall–Kier alpha value is -2.45. The van der Waals surface area contributed by atoms with Crippen LogP contribution in [0.1, 0.15) is 12.5 Å². The molecule has 0 spiro atoms. The number of rotatable bonds is 7. The number of thiophene rings is 1. The first-order valence-electron chi connectivity index (χ1n) is 11.2. The van der Waals surface area contributed by atoms with E-state index in [2.05, 4.69) is 0 Å². The number of aliphatic hydroxyl groups is 1. The van der Waals surface area contributed by atoms with Crippen LogP contribution < -0.4 is 4.90 Å². The van der Waals surface area contributed by atoms with Crippen LogP contribution in [0, 0.1) is 0 Å². The predicted molar refractivity (Wildman–Crippen MR) is 135 cm³/mol. The minimum atomic E-state index is -4.89. The van der Waals surface area contributed by atoms with E-state index in [0.717, 1.165) is 23.5 Å². The summed E-state index contributed by atoms with van der Waals surface area (Å²) in [5, 5.41) is 11.6. The van der Waals surface area contributed by atoms with Crippen molar-refractivity contribution >= 4 is 36.9 Å². The van der Waals surface area contributed by atoms with Gasteiger partial charge in [0.25, 0.3) is 10.0 Å². The number of alkyl halides is 3. The topological polar surface area (TPSA) is 95.0 Å². The lowest BCUT2D eigenvalue weighted by atomic mass is 9.95. The summed E-state index contributed by atoms with van der Waals surface area (Å²) < 4.78 is 93.9. The second kappa shape index (κ2) is 10.0. The molecule has 1 N–H and O–H groups in total. The van der Waals surface area contributed by atoms with E-state index in [4.69, 9.17) is 0 Å². The van der Waals surface area contributed by atoms with Gasteiger partial charge in [-0.05, 0) is 48.2 Å². The van der Waals surface area contributed by atoms with E-state index >= 15 is 0 Å². The van der Waals surface area contributed by atoms with Crippen LogP contribution in [0.5, 0.6) is 0 Å². The van der Waals surface area contributed by atoms with Gasteiger partial charge in [0, 0.05) is 25.3 Å². The summed E-state index contributed by atoms with van der Waals surface area (Å²) in [4.78, 5) is 1.78. The molecular formula is C24H25F3N2O5S3. The number of halogens is 3. The largest absolute Gasteiger partial charge is 0.421 e. The van der Waals surface area contributed by atoms with Gasteiger partial charge in [-0.2, -0.15) is 17.5 Å². The van der Waals surface area contributed by atoms with Crippen molar-refractivity contribution in [3.8, 4) is 0 Å². The molecule has 7 nitrogen and oxygen atoms in total. The molecule has 1 saturated heterocycles. The fourth-order valence-corrected chi connectivity index (χ4v) is 8.35. The van der Waals surface area contributed by atoms with E-state index in [-0.39, 0.29) is 34.3 Å². The molecule has 37 heavy (non-hydrogen) atoms. The Labute approximate surface area is 217 Å². The number of piperazine rings is 1. The predicted octanol–water partition coefficient (Wildman–Crippen LogP) is 3.87. The van der Waals surface area contributed by atoms with Gasteiger partial charge in [-0.3, -0.25) is 0 Å². The first-order chi connectivity index (χ1) is 17.2. The molecular weight excluding hydrogens is 549 g/mol. The third-order valence-electron chi connectivity index (χ3n) is 6.36. The summed E-state index contributed by atoms with van der Waals surface area (Å²) in [6.07, 6.45) is -4.89. The number of hydrogen-bond donors (Lipinski definition) is 1. The average molecular weight is 575 g/mol. The van der Waals surface area contributed by atoms with Crippen molar-refractivity contribution in [2.75, 3.05) is 30.3 Å². The molecule has 1 aliphatic heterocycles. The van der Waals surface area contributed by atoms with Crippen LogP contribution in [-0.2, 0) is 25.5 Å². The van der Waals surface area contributed by atoms with Gasteiger partial charge in [0.2, 0.25) is 0 Å². The van der Waals surface area contributed by atoms with Crippen LogP contribution in [-0.4, -0.2) is 63.9 Å². The summed E-state index contributed by atoms with van der Waals surface area (Å²) >= 11 is 1.06. The van der Waals surface area contributed by atoms with Crippen LogP contribution in [0.15, 0.2) is 81.2 Å². The van der Waals surface area contributed by atoms with Gasteiger partial charge in [0.1, 0.15) is 4.21 Å². The van der Waals surface area contributed by atoms with Crippen molar-refractivity contribution in [3.05, 3.63) is 77.7 Å². The lowest BCUT2D eigenvalue weighted by molar-refractivity contribution is -0.258. The number of anilines is 1. The van der Waals surface area contributed by atoms with E-state index in [1.165, 1.54) is 34.6 Å². The SMILES string of the molecule is CC(O)(c1ccc(N2CCN(S(=O)(=O)c3cccs3)CC2CS(=O)(=O)c2ccccc2)cc1)C(F)(F)F. The minimum Gasteiger partial charge on any atom is -0.376 e. The maximum Gasteiger partial charge on any atom is 0.421 e. The molecule has 200 valence electrons. The molecule has 1 fully saturated rings. The Kier molecular flexibility index (Phi) is 7.47. The summed E-state index contributed by atoms with van der Waals surface area (Å²) in [7, 11) is -7.67. The lowest BCUT2D eigenvalue weighted by Crippen LogP contribution is -2.57. The molecule has 2 unspecified atom stereocenters. The van der Waals surface area contributed by atoms with Crippen molar-refractivity contribution in [1.82, 2.24) is 4.31 Å². The molecule has 3 aromatic rings. The van der Waals surface area contributed by atoms with Gasteiger partial charge in [0.05, 0.1) is 16.7 Å². The smallest absolute Gasteiger partial charge is 0.376 e. The van der Waals surface area contributed by atoms with Crippen molar-refractivity contribution < 1.29 is 35.1 Å². The molecule has 1 aliphatic rings. The first-order valence-corrected chi connectivity index (χ1v) is 15.2. The van der Waals surface area contributed by atoms with Crippen LogP contribution >= 0.6 is 11.3 Å². The van der Waals surface area contributed by atoms with Gasteiger partial charge in [-0.1, -0.05) is 36.4 Å². The van der Waals surface area contributed by atoms with Crippen molar-refractivity contribution in [3.63, 3.8) is 0 Å². The molecule has 0 radical (unpaired) electrons.